The highest BCUT2D eigenvalue weighted by atomic mass is 16.7. The molecule has 0 amide bonds. The maximum Gasteiger partial charge on any atom is 0.231 e. The molecule has 0 aromatic heterocycles. The van der Waals surface area contributed by atoms with Crippen molar-refractivity contribution in [3.8, 4) is 11.5 Å². The minimum Gasteiger partial charge on any atom is -0.454 e. The monoisotopic (exact) mass is 246 g/mol. The molecule has 1 heterocycles. The predicted octanol–water partition coefficient (Wildman–Crippen LogP) is 2.98. The molecule has 0 spiro atoms. The van der Waals surface area contributed by atoms with Gasteiger partial charge in [0.05, 0.1) is 6.10 Å². The van der Waals surface area contributed by atoms with Crippen LogP contribution in [0.5, 0.6) is 11.5 Å². The van der Waals surface area contributed by atoms with Crippen molar-refractivity contribution in [2.24, 2.45) is 5.92 Å². The van der Waals surface area contributed by atoms with E-state index in [1.54, 1.807) is 0 Å². The van der Waals surface area contributed by atoms with Crippen molar-refractivity contribution < 1.29 is 14.6 Å². The van der Waals surface area contributed by atoms with Crippen LogP contribution in [0.2, 0.25) is 0 Å². The Bertz CT molecular complexity index is 479. The summed E-state index contributed by atoms with van der Waals surface area (Å²) in [4.78, 5) is 0. The molecule has 2 atom stereocenters. The molecule has 96 valence electrons. The predicted molar refractivity (Wildman–Crippen MR) is 69.6 cm³/mol. The maximum absolute atomic E-state index is 10.0. The van der Waals surface area contributed by atoms with Gasteiger partial charge in [-0.15, -0.1) is 0 Å². The Balaban J connectivity index is 1.86. The molecule has 1 aromatic carbocycles. The molecule has 18 heavy (non-hydrogen) atoms. The van der Waals surface area contributed by atoms with Crippen LogP contribution in [0.4, 0.5) is 0 Å². The summed E-state index contributed by atoms with van der Waals surface area (Å²) < 4.78 is 10.7. The minimum absolute atomic E-state index is 0.286. The van der Waals surface area contributed by atoms with Crippen molar-refractivity contribution >= 4 is 6.08 Å². The van der Waals surface area contributed by atoms with Crippen LogP contribution in [-0.4, -0.2) is 18.0 Å². The summed E-state index contributed by atoms with van der Waals surface area (Å²) in [6, 6.07) is 5.90. The lowest BCUT2D eigenvalue weighted by molar-refractivity contribution is 0.164. The number of ether oxygens (including phenoxy) is 2. The molecule has 3 nitrogen and oxygen atoms in total. The van der Waals surface area contributed by atoms with E-state index in [4.69, 9.17) is 9.47 Å². The topological polar surface area (TPSA) is 38.7 Å². The first-order chi connectivity index (χ1) is 8.72. The van der Waals surface area contributed by atoms with Crippen molar-refractivity contribution in [3.05, 3.63) is 29.3 Å². The number of aliphatic hydroxyl groups is 1. The van der Waals surface area contributed by atoms with Crippen LogP contribution in [-0.2, 0) is 0 Å². The van der Waals surface area contributed by atoms with Gasteiger partial charge in [0.1, 0.15) is 0 Å². The van der Waals surface area contributed by atoms with Crippen LogP contribution < -0.4 is 9.47 Å². The van der Waals surface area contributed by atoms with Crippen LogP contribution >= 0.6 is 0 Å². The van der Waals surface area contributed by atoms with Gasteiger partial charge in [0.2, 0.25) is 6.79 Å². The first-order valence-electron chi connectivity index (χ1n) is 6.50. The summed E-state index contributed by atoms with van der Waals surface area (Å²) in [5.41, 5.74) is 2.20. The molecule has 1 aliphatic carbocycles. The third kappa shape index (κ3) is 2.23. The Morgan fingerprint density at radius 2 is 2.06 bits per heavy atom. The number of aliphatic hydroxyl groups excluding tert-OH is 1. The summed E-state index contributed by atoms with van der Waals surface area (Å²) in [6.45, 7) is 2.54. The average molecular weight is 246 g/mol. The molecule has 0 radical (unpaired) electrons. The van der Waals surface area contributed by atoms with Crippen LogP contribution in [0.25, 0.3) is 6.08 Å². The highest BCUT2D eigenvalue weighted by Gasteiger charge is 2.21. The van der Waals surface area contributed by atoms with E-state index in [0.717, 1.165) is 41.9 Å². The number of fused-ring (bicyclic) bond motifs is 1. The molecule has 1 N–H and O–H groups in total. The van der Waals surface area contributed by atoms with Gasteiger partial charge in [-0.3, -0.25) is 0 Å². The number of hydrogen-bond acceptors (Lipinski definition) is 3. The van der Waals surface area contributed by atoms with Crippen LogP contribution in [0.1, 0.15) is 31.7 Å². The molecule has 1 saturated carbocycles. The fourth-order valence-corrected chi connectivity index (χ4v) is 2.64. The lowest BCUT2D eigenvalue weighted by Gasteiger charge is -2.25. The van der Waals surface area contributed by atoms with Gasteiger partial charge in [-0.25, -0.2) is 0 Å². The summed E-state index contributed by atoms with van der Waals surface area (Å²) >= 11 is 0. The molecule has 0 bridgehead atoms. The number of rotatable bonds is 1. The van der Waals surface area contributed by atoms with Crippen molar-refractivity contribution in [3.63, 3.8) is 0 Å². The summed E-state index contributed by atoms with van der Waals surface area (Å²) in [6.07, 6.45) is 4.77. The molecule has 2 aliphatic rings. The number of hydrogen-bond donors (Lipinski definition) is 1. The Morgan fingerprint density at radius 3 is 2.94 bits per heavy atom. The van der Waals surface area contributed by atoms with Gasteiger partial charge in [-0.1, -0.05) is 19.1 Å². The zero-order valence-electron chi connectivity index (χ0n) is 10.6. The normalized spacial score (nSPS) is 28.7. The highest BCUT2D eigenvalue weighted by molar-refractivity contribution is 5.59. The van der Waals surface area contributed by atoms with Crippen LogP contribution in [0.15, 0.2) is 23.8 Å². The van der Waals surface area contributed by atoms with Crippen molar-refractivity contribution in [2.45, 2.75) is 32.3 Å². The summed E-state index contributed by atoms with van der Waals surface area (Å²) in [7, 11) is 0. The third-order valence-corrected chi connectivity index (χ3v) is 3.69. The third-order valence-electron chi connectivity index (χ3n) is 3.69. The van der Waals surface area contributed by atoms with E-state index in [0.29, 0.717) is 12.7 Å². The van der Waals surface area contributed by atoms with E-state index in [1.807, 2.05) is 18.2 Å². The molecule has 1 aromatic rings. The molecule has 3 heteroatoms. The molecular formula is C15H18O3. The van der Waals surface area contributed by atoms with E-state index < -0.39 is 0 Å². The molecular weight excluding hydrogens is 228 g/mol. The lowest BCUT2D eigenvalue weighted by Crippen LogP contribution is -2.19. The second-order valence-electron chi connectivity index (χ2n) is 5.23. The minimum atomic E-state index is -0.286. The van der Waals surface area contributed by atoms with E-state index in [1.165, 1.54) is 0 Å². The molecule has 1 aliphatic heterocycles. The summed E-state index contributed by atoms with van der Waals surface area (Å²) in [5, 5.41) is 10.0. The van der Waals surface area contributed by atoms with Gasteiger partial charge in [0, 0.05) is 0 Å². The second kappa shape index (κ2) is 4.65. The largest absolute Gasteiger partial charge is 0.454 e. The molecule has 3 rings (SSSR count). The van der Waals surface area contributed by atoms with E-state index >= 15 is 0 Å². The SMILES string of the molecule is CC1CCC(O)/C(=C\c2ccc3c(c2)OCO3)C1. The first kappa shape index (κ1) is 11.6. The van der Waals surface area contributed by atoms with Crippen molar-refractivity contribution in [1.82, 2.24) is 0 Å². The fourth-order valence-electron chi connectivity index (χ4n) is 2.64. The van der Waals surface area contributed by atoms with Gasteiger partial charge in [0.25, 0.3) is 0 Å². The highest BCUT2D eigenvalue weighted by Crippen LogP contribution is 2.35. The van der Waals surface area contributed by atoms with Crippen LogP contribution in [0.3, 0.4) is 0 Å². The van der Waals surface area contributed by atoms with Gasteiger partial charge in [-0.2, -0.15) is 0 Å². The zero-order chi connectivity index (χ0) is 12.5. The fraction of sp³-hybridized carbons (Fsp3) is 0.467. The summed E-state index contributed by atoms with van der Waals surface area (Å²) in [5.74, 6) is 2.26. The quantitative estimate of drug-likeness (QED) is 0.828. The molecule has 0 saturated heterocycles. The maximum atomic E-state index is 10.0. The first-order valence-corrected chi connectivity index (χ1v) is 6.50. The van der Waals surface area contributed by atoms with Gasteiger partial charge in [-0.05, 0) is 48.4 Å². The Labute approximate surface area is 107 Å². The smallest absolute Gasteiger partial charge is 0.231 e. The van der Waals surface area contributed by atoms with E-state index in [9.17, 15) is 5.11 Å². The van der Waals surface area contributed by atoms with Gasteiger partial charge >= 0.3 is 0 Å². The van der Waals surface area contributed by atoms with Crippen LogP contribution in [0, 0.1) is 5.92 Å². The Kier molecular flexibility index (Phi) is 3.00. The van der Waals surface area contributed by atoms with Gasteiger partial charge < -0.3 is 14.6 Å². The lowest BCUT2D eigenvalue weighted by atomic mass is 9.84. The zero-order valence-corrected chi connectivity index (χ0v) is 10.6. The molecule has 2 unspecified atom stereocenters. The van der Waals surface area contributed by atoms with E-state index in [-0.39, 0.29) is 6.10 Å². The Morgan fingerprint density at radius 1 is 1.22 bits per heavy atom. The average Bonchev–Trinajstić information content (AvgIpc) is 2.81. The standard InChI is InChI=1S/C15H18O3/c1-10-2-4-13(16)12(6-10)7-11-3-5-14-15(8-11)18-9-17-14/h3,5,7-8,10,13,16H,2,4,6,9H2,1H3/b12-7-. The molecule has 1 fully saturated rings. The van der Waals surface area contributed by atoms with Gasteiger partial charge in [0.15, 0.2) is 11.5 Å². The van der Waals surface area contributed by atoms with Crippen molar-refractivity contribution in [1.29, 1.82) is 0 Å². The number of benzene rings is 1. The van der Waals surface area contributed by atoms with Crippen molar-refractivity contribution in [2.75, 3.05) is 6.79 Å². The second-order valence-corrected chi connectivity index (χ2v) is 5.23. The van der Waals surface area contributed by atoms with E-state index in [2.05, 4.69) is 13.0 Å². The Hall–Kier alpha value is -1.48.